The zero-order valence-electron chi connectivity index (χ0n) is 18.0. The standard InChI is InChI=1S/C24H23FN4O3/c1-13(16-9-10-17(25)20(11-16)31-3)21-22(27-14(2)28-23(21)24(26)30)18-12-19(32-29-18)15-7-5-4-6-8-15/h4-11,13,19H,12H2,1-3H3,(H2,26,30)/t13-,19?/m1/s1. The van der Waals surface area contributed by atoms with E-state index in [2.05, 4.69) is 15.1 Å². The fourth-order valence-electron chi connectivity index (χ4n) is 3.88. The molecule has 2 N–H and O–H groups in total. The van der Waals surface area contributed by atoms with Crippen molar-refractivity contribution in [2.75, 3.05) is 7.11 Å². The molecule has 1 aliphatic rings. The monoisotopic (exact) mass is 434 g/mol. The third-order valence-corrected chi connectivity index (χ3v) is 5.51. The molecule has 1 unspecified atom stereocenters. The smallest absolute Gasteiger partial charge is 0.267 e. The third-order valence-electron chi connectivity index (χ3n) is 5.51. The second kappa shape index (κ2) is 8.74. The molecule has 2 aromatic carbocycles. The van der Waals surface area contributed by atoms with Crippen molar-refractivity contribution in [1.29, 1.82) is 0 Å². The number of methoxy groups -OCH3 is 1. The number of benzene rings is 2. The molecule has 1 amide bonds. The summed E-state index contributed by atoms with van der Waals surface area (Å²) in [5.41, 5.74) is 9.12. The molecule has 0 aliphatic carbocycles. The van der Waals surface area contributed by atoms with Crippen molar-refractivity contribution in [2.24, 2.45) is 10.9 Å². The van der Waals surface area contributed by atoms with Crippen LogP contribution < -0.4 is 10.5 Å². The van der Waals surface area contributed by atoms with Gasteiger partial charge >= 0.3 is 0 Å². The molecule has 164 valence electrons. The van der Waals surface area contributed by atoms with Crippen molar-refractivity contribution < 1.29 is 18.8 Å². The summed E-state index contributed by atoms with van der Waals surface area (Å²) in [5.74, 6) is -1.03. The molecule has 0 saturated carbocycles. The SMILES string of the molecule is COc1cc([C@@H](C)c2c(C(N)=O)nc(C)nc2C2=NOC(c3ccccc3)C2)ccc1F. The van der Waals surface area contributed by atoms with E-state index >= 15 is 0 Å². The predicted molar refractivity (Wildman–Crippen MR) is 117 cm³/mol. The molecular weight excluding hydrogens is 411 g/mol. The predicted octanol–water partition coefficient (Wildman–Crippen LogP) is 4.05. The van der Waals surface area contributed by atoms with E-state index in [-0.39, 0.29) is 23.5 Å². The molecule has 3 aromatic rings. The molecule has 0 radical (unpaired) electrons. The number of carbonyl (C=O) groups is 1. The van der Waals surface area contributed by atoms with Gasteiger partial charge in [-0.2, -0.15) is 0 Å². The van der Waals surface area contributed by atoms with Crippen LogP contribution in [-0.2, 0) is 4.84 Å². The molecule has 0 spiro atoms. The Morgan fingerprint density at radius 3 is 2.66 bits per heavy atom. The quantitative estimate of drug-likeness (QED) is 0.631. The zero-order chi connectivity index (χ0) is 22.8. The molecule has 32 heavy (non-hydrogen) atoms. The molecule has 8 heteroatoms. The summed E-state index contributed by atoms with van der Waals surface area (Å²) in [6.45, 7) is 3.57. The minimum atomic E-state index is -0.674. The average Bonchev–Trinajstić information content (AvgIpc) is 3.29. The first-order valence-corrected chi connectivity index (χ1v) is 10.2. The van der Waals surface area contributed by atoms with Crippen molar-refractivity contribution in [3.8, 4) is 5.75 Å². The minimum absolute atomic E-state index is 0.106. The van der Waals surface area contributed by atoms with Gasteiger partial charge in [0, 0.05) is 17.9 Å². The molecule has 2 atom stereocenters. The fourth-order valence-corrected chi connectivity index (χ4v) is 3.88. The Balaban J connectivity index is 1.79. The topological polar surface area (TPSA) is 99.7 Å². The highest BCUT2D eigenvalue weighted by Gasteiger charge is 2.31. The first-order valence-electron chi connectivity index (χ1n) is 10.2. The van der Waals surface area contributed by atoms with Gasteiger partial charge in [0.2, 0.25) is 0 Å². The lowest BCUT2D eigenvalue weighted by Gasteiger charge is -2.19. The summed E-state index contributed by atoms with van der Waals surface area (Å²) in [5, 5.41) is 4.28. The maximum Gasteiger partial charge on any atom is 0.267 e. The first-order chi connectivity index (χ1) is 15.4. The van der Waals surface area contributed by atoms with Crippen molar-refractivity contribution in [1.82, 2.24) is 9.97 Å². The molecule has 0 saturated heterocycles. The van der Waals surface area contributed by atoms with Gasteiger partial charge in [-0.25, -0.2) is 14.4 Å². The molecule has 0 fully saturated rings. The maximum atomic E-state index is 14.0. The Hall–Kier alpha value is -3.81. The van der Waals surface area contributed by atoms with Gasteiger partial charge in [0.25, 0.3) is 5.91 Å². The summed E-state index contributed by atoms with van der Waals surface area (Å²) in [7, 11) is 1.40. The molecular formula is C24H23FN4O3. The van der Waals surface area contributed by atoms with Crippen LogP contribution in [0.4, 0.5) is 4.39 Å². The lowest BCUT2D eigenvalue weighted by Crippen LogP contribution is -2.23. The Morgan fingerprint density at radius 2 is 1.97 bits per heavy atom. The molecule has 2 heterocycles. The lowest BCUT2D eigenvalue weighted by molar-refractivity contribution is 0.0857. The van der Waals surface area contributed by atoms with Crippen LogP contribution in [0.5, 0.6) is 5.75 Å². The highest BCUT2D eigenvalue weighted by Crippen LogP contribution is 2.35. The van der Waals surface area contributed by atoms with Crippen LogP contribution >= 0.6 is 0 Å². The Bertz CT molecular complexity index is 1200. The first kappa shape index (κ1) is 21.4. The van der Waals surface area contributed by atoms with E-state index in [0.717, 1.165) is 11.1 Å². The molecule has 7 nitrogen and oxygen atoms in total. The van der Waals surface area contributed by atoms with E-state index in [9.17, 15) is 9.18 Å². The summed E-state index contributed by atoms with van der Waals surface area (Å²) in [6.07, 6.45) is 0.220. The number of amides is 1. The average molecular weight is 434 g/mol. The normalized spacial score (nSPS) is 16.2. The van der Waals surface area contributed by atoms with Crippen molar-refractivity contribution in [2.45, 2.75) is 32.3 Å². The Kier molecular flexibility index (Phi) is 5.85. The van der Waals surface area contributed by atoms with Crippen molar-refractivity contribution in [3.63, 3.8) is 0 Å². The van der Waals surface area contributed by atoms with Gasteiger partial charge < -0.3 is 15.3 Å². The Labute approximate surface area is 185 Å². The number of carbonyl (C=O) groups excluding carboxylic acids is 1. The van der Waals surface area contributed by atoms with Crippen LogP contribution in [0.15, 0.2) is 53.7 Å². The fraction of sp³-hybridized carbons (Fsp3) is 0.250. The van der Waals surface area contributed by atoms with Gasteiger partial charge in [0.15, 0.2) is 17.7 Å². The van der Waals surface area contributed by atoms with Crippen LogP contribution in [0.25, 0.3) is 0 Å². The summed E-state index contributed by atoms with van der Waals surface area (Å²) in [6, 6.07) is 14.3. The van der Waals surface area contributed by atoms with Gasteiger partial charge in [-0.05, 0) is 30.2 Å². The van der Waals surface area contributed by atoms with E-state index in [0.29, 0.717) is 29.2 Å². The zero-order valence-corrected chi connectivity index (χ0v) is 18.0. The van der Waals surface area contributed by atoms with E-state index in [1.165, 1.54) is 13.2 Å². The largest absolute Gasteiger partial charge is 0.494 e. The van der Waals surface area contributed by atoms with Crippen LogP contribution in [0, 0.1) is 12.7 Å². The Morgan fingerprint density at radius 1 is 1.22 bits per heavy atom. The number of hydrogen-bond donors (Lipinski definition) is 1. The number of nitrogens with two attached hydrogens (primary N) is 1. The molecule has 1 aliphatic heterocycles. The summed E-state index contributed by atoms with van der Waals surface area (Å²) in [4.78, 5) is 26.9. The third kappa shape index (κ3) is 4.03. The molecule has 0 bridgehead atoms. The van der Waals surface area contributed by atoms with E-state index in [1.54, 1.807) is 19.1 Å². The van der Waals surface area contributed by atoms with Gasteiger partial charge in [0.05, 0.1) is 12.8 Å². The van der Waals surface area contributed by atoms with Gasteiger partial charge in [-0.3, -0.25) is 4.79 Å². The van der Waals surface area contributed by atoms with Crippen LogP contribution in [0.2, 0.25) is 0 Å². The molecule has 4 rings (SSSR count). The second-order valence-corrected chi connectivity index (χ2v) is 7.61. The number of hydrogen-bond acceptors (Lipinski definition) is 6. The highest BCUT2D eigenvalue weighted by atomic mass is 19.1. The van der Waals surface area contributed by atoms with Gasteiger partial charge in [-0.1, -0.05) is 48.5 Å². The number of halogens is 1. The van der Waals surface area contributed by atoms with E-state index in [4.69, 9.17) is 15.3 Å². The number of primary amides is 1. The van der Waals surface area contributed by atoms with Crippen LogP contribution in [0.1, 0.15) is 64.1 Å². The van der Waals surface area contributed by atoms with E-state index in [1.807, 2.05) is 37.3 Å². The van der Waals surface area contributed by atoms with E-state index < -0.39 is 11.7 Å². The van der Waals surface area contributed by atoms with Crippen LogP contribution in [-0.4, -0.2) is 28.7 Å². The minimum Gasteiger partial charge on any atom is -0.494 e. The van der Waals surface area contributed by atoms with Crippen LogP contribution in [0.3, 0.4) is 0 Å². The second-order valence-electron chi connectivity index (χ2n) is 7.61. The highest BCUT2D eigenvalue weighted by molar-refractivity contribution is 6.04. The summed E-state index contributed by atoms with van der Waals surface area (Å²) < 4.78 is 19.1. The number of aryl methyl sites for hydroxylation is 1. The summed E-state index contributed by atoms with van der Waals surface area (Å²) >= 11 is 0. The molecule has 1 aromatic heterocycles. The van der Waals surface area contributed by atoms with Gasteiger partial charge in [-0.15, -0.1) is 0 Å². The van der Waals surface area contributed by atoms with Crippen molar-refractivity contribution >= 4 is 11.6 Å². The van der Waals surface area contributed by atoms with Gasteiger partial charge in [0.1, 0.15) is 17.2 Å². The number of ether oxygens (including phenoxy) is 1. The number of oxime groups is 1. The number of nitrogens with zero attached hydrogens (tertiary/aromatic N) is 3. The lowest BCUT2D eigenvalue weighted by atomic mass is 9.87. The maximum absolute atomic E-state index is 14.0. The number of aromatic nitrogens is 2. The number of rotatable bonds is 6. The van der Waals surface area contributed by atoms with Crippen molar-refractivity contribution in [3.05, 3.63) is 88.3 Å².